The van der Waals surface area contributed by atoms with Crippen molar-refractivity contribution in [3.63, 3.8) is 0 Å². The number of rotatable bonds is 6. The standard InChI is InChI=1S/C20H20N4O3/c1-3-24-19(26)16-9-4-5-10-17(16)21-20(24)23-22-18(25)12-11-14-7-6-8-15(13-14)27-2/h4-13H,3H2,1-2H3,(H,21,23)(H,22,25). The zero-order valence-electron chi connectivity index (χ0n) is 15.1. The molecule has 0 aliphatic heterocycles. The number of methoxy groups -OCH3 is 1. The molecule has 0 atom stereocenters. The third-order valence-electron chi connectivity index (χ3n) is 4.00. The average molecular weight is 364 g/mol. The van der Waals surface area contributed by atoms with Gasteiger partial charge in [-0.25, -0.2) is 4.98 Å². The number of carbonyl (C=O) groups excluding carboxylic acids is 1. The Labute approximate surface area is 156 Å². The fraction of sp³-hybridized carbons (Fsp3) is 0.150. The lowest BCUT2D eigenvalue weighted by Gasteiger charge is -2.13. The van der Waals surface area contributed by atoms with Gasteiger partial charge in [-0.2, -0.15) is 0 Å². The summed E-state index contributed by atoms with van der Waals surface area (Å²) < 4.78 is 6.62. The lowest BCUT2D eigenvalue weighted by Crippen LogP contribution is -2.33. The Morgan fingerprint density at radius 1 is 1.22 bits per heavy atom. The summed E-state index contributed by atoms with van der Waals surface area (Å²) in [6.07, 6.45) is 3.05. The summed E-state index contributed by atoms with van der Waals surface area (Å²) in [6.45, 7) is 2.27. The second-order valence-corrected chi connectivity index (χ2v) is 5.73. The highest BCUT2D eigenvalue weighted by atomic mass is 16.5. The maximum absolute atomic E-state index is 12.5. The van der Waals surface area contributed by atoms with Crippen molar-refractivity contribution >= 4 is 28.8 Å². The van der Waals surface area contributed by atoms with E-state index in [2.05, 4.69) is 15.8 Å². The Morgan fingerprint density at radius 2 is 2.04 bits per heavy atom. The molecule has 3 aromatic rings. The van der Waals surface area contributed by atoms with Crippen LogP contribution in [0.15, 0.2) is 59.4 Å². The van der Waals surface area contributed by atoms with E-state index < -0.39 is 0 Å². The van der Waals surface area contributed by atoms with Gasteiger partial charge in [0.25, 0.3) is 11.5 Å². The largest absolute Gasteiger partial charge is 0.497 e. The smallest absolute Gasteiger partial charge is 0.262 e. The molecule has 0 aliphatic carbocycles. The van der Waals surface area contributed by atoms with Gasteiger partial charge < -0.3 is 4.74 Å². The van der Waals surface area contributed by atoms with Gasteiger partial charge in [0.2, 0.25) is 5.95 Å². The predicted molar refractivity (Wildman–Crippen MR) is 105 cm³/mol. The second-order valence-electron chi connectivity index (χ2n) is 5.73. The number of aromatic nitrogens is 2. The Balaban J connectivity index is 1.75. The highest BCUT2D eigenvalue weighted by molar-refractivity contribution is 5.92. The first-order chi connectivity index (χ1) is 13.1. The zero-order chi connectivity index (χ0) is 19.2. The van der Waals surface area contributed by atoms with Gasteiger partial charge in [-0.1, -0.05) is 24.3 Å². The average Bonchev–Trinajstić information content (AvgIpc) is 2.71. The number of hydrazine groups is 1. The Bertz CT molecular complexity index is 1060. The molecule has 2 aromatic carbocycles. The summed E-state index contributed by atoms with van der Waals surface area (Å²) in [5.41, 5.74) is 6.50. The maximum Gasteiger partial charge on any atom is 0.262 e. The van der Waals surface area contributed by atoms with Crippen LogP contribution in [0.2, 0.25) is 0 Å². The number of hydrogen-bond donors (Lipinski definition) is 2. The normalized spacial score (nSPS) is 10.9. The number of anilines is 1. The summed E-state index contributed by atoms with van der Waals surface area (Å²) in [4.78, 5) is 29.0. The van der Waals surface area contributed by atoms with Crippen molar-refractivity contribution in [2.45, 2.75) is 13.5 Å². The molecule has 0 bridgehead atoms. The van der Waals surface area contributed by atoms with Gasteiger partial charge in [-0.3, -0.25) is 25.0 Å². The highest BCUT2D eigenvalue weighted by Gasteiger charge is 2.09. The minimum absolute atomic E-state index is 0.160. The number of ether oxygens (including phenoxy) is 1. The summed E-state index contributed by atoms with van der Waals surface area (Å²) >= 11 is 0. The second kappa shape index (κ2) is 8.18. The van der Waals surface area contributed by atoms with Gasteiger partial charge in [0.1, 0.15) is 5.75 Å². The van der Waals surface area contributed by atoms with Crippen LogP contribution in [-0.4, -0.2) is 22.6 Å². The SMILES string of the molecule is CCn1c(NNC(=O)C=Cc2cccc(OC)c2)nc2ccccc2c1=O. The topological polar surface area (TPSA) is 85.2 Å². The minimum Gasteiger partial charge on any atom is -0.497 e. The van der Waals surface area contributed by atoms with Crippen LogP contribution in [0.3, 0.4) is 0 Å². The van der Waals surface area contributed by atoms with Gasteiger partial charge in [0.05, 0.1) is 18.0 Å². The third kappa shape index (κ3) is 4.14. The number of nitrogens with zero attached hydrogens (tertiary/aromatic N) is 2. The highest BCUT2D eigenvalue weighted by Crippen LogP contribution is 2.13. The number of benzene rings is 2. The molecule has 1 aromatic heterocycles. The summed E-state index contributed by atoms with van der Waals surface area (Å²) in [5, 5.41) is 0.536. The molecule has 0 radical (unpaired) electrons. The van der Waals surface area contributed by atoms with Crippen molar-refractivity contribution in [1.29, 1.82) is 0 Å². The van der Waals surface area contributed by atoms with Crippen LogP contribution in [0.25, 0.3) is 17.0 Å². The first kappa shape index (κ1) is 18.2. The van der Waals surface area contributed by atoms with Crippen molar-refractivity contribution in [3.8, 4) is 5.75 Å². The molecule has 0 fully saturated rings. The predicted octanol–water partition coefficient (Wildman–Crippen LogP) is 2.58. The van der Waals surface area contributed by atoms with Crippen molar-refractivity contribution in [2.75, 3.05) is 12.5 Å². The van der Waals surface area contributed by atoms with E-state index in [0.717, 1.165) is 5.56 Å². The van der Waals surface area contributed by atoms with Crippen LogP contribution in [0.4, 0.5) is 5.95 Å². The minimum atomic E-state index is -0.372. The van der Waals surface area contributed by atoms with E-state index in [1.165, 1.54) is 10.6 Å². The number of carbonyl (C=O) groups is 1. The Morgan fingerprint density at radius 3 is 2.81 bits per heavy atom. The molecule has 0 unspecified atom stereocenters. The zero-order valence-corrected chi connectivity index (χ0v) is 15.1. The first-order valence-corrected chi connectivity index (χ1v) is 8.50. The molecule has 1 amide bonds. The van der Waals surface area contributed by atoms with Crippen molar-refractivity contribution < 1.29 is 9.53 Å². The fourth-order valence-corrected chi connectivity index (χ4v) is 2.63. The van der Waals surface area contributed by atoms with Crippen LogP contribution in [0.5, 0.6) is 5.75 Å². The van der Waals surface area contributed by atoms with E-state index in [0.29, 0.717) is 23.2 Å². The van der Waals surface area contributed by atoms with Crippen LogP contribution in [-0.2, 0) is 11.3 Å². The Kier molecular flexibility index (Phi) is 5.51. The van der Waals surface area contributed by atoms with Crippen molar-refractivity contribution in [2.24, 2.45) is 0 Å². The quantitative estimate of drug-likeness (QED) is 0.519. The molecule has 3 rings (SSSR count). The molecule has 0 saturated heterocycles. The molecule has 1 heterocycles. The lowest BCUT2D eigenvalue weighted by atomic mass is 10.2. The summed E-state index contributed by atoms with van der Waals surface area (Å²) in [7, 11) is 1.59. The lowest BCUT2D eigenvalue weighted by molar-refractivity contribution is -0.116. The van der Waals surface area contributed by atoms with Gasteiger partial charge in [-0.15, -0.1) is 0 Å². The molecular formula is C20H20N4O3. The molecule has 0 saturated carbocycles. The number of fused-ring (bicyclic) bond motifs is 1. The van der Waals surface area contributed by atoms with E-state index in [4.69, 9.17) is 4.74 Å². The fourth-order valence-electron chi connectivity index (χ4n) is 2.63. The maximum atomic E-state index is 12.5. The number of amides is 1. The van der Waals surface area contributed by atoms with E-state index in [1.54, 1.807) is 31.4 Å². The van der Waals surface area contributed by atoms with Gasteiger partial charge >= 0.3 is 0 Å². The monoisotopic (exact) mass is 364 g/mol. The number of para-hydroxylation sites is 1. The molecule has 27 heavy (non-hydrogen) atoms. The Hall–Kier alpha value is -3.61. The molecule has 7 heteroatoms. The van der Waals surface area contributed by atoms with Crippen molar-refractivity contribution in [1.82, 2.24) is 15.0 Å². The number of hydrogen-bond acceptors (Lipinski definition) is 5. The molecular weight excluding hydrogens is 344 g/mol. The van der Waals surface area contributed by atoms with Crippen LogP contribution in [0.1, 0.15) is 12.5 Å². The molecule has 138 valence electrons. The van der Waals surface area contributed by atoms with Gasteiger partial charge in [-0.05, 0) is 42.8 Å². The number of nitrogens with one attached hydrogen (secondary N) is 2. The van der Waals surface area contributed by atoms with Crippen molar-refractivity contribution in [3.05, 3.63) is 70.5 Å². The molecule has 0 aliphatic rings. The molecule has 7 nitrogen and oxygen atoms in total. The van der Waals surface area contributed by atoms with E-state index >= 15 is 0 Å². The summed E-state index contributed by atoms with van der Waals surface area (Å²) in [5.74, 6) is 0.621. The van der Waals surface area contributed by atoms with Gasteiger partial charge in [0.15, 0.2) is 0 Å². The van der Waals surface area contributed by atoms with E-state index in [-0.39, 0.29) is 17.4 Å². The van der Waals surface area contributed by atoms with E-state index in [9.17, 15) is 9.59 Å². The third-order valence-corrected chi connectivity index (χ3v) is 4.00. The van der Waals surface area contributed by atoms with Crippen LogP contribution in [0, 0.1) is 0 Å². The molecule has 2 N–H and O–H groups in total. The van der Waals surface area contributed by atoms with Crippen LogP contribution < -0.4 is 21.1 Å². The first-order valence-electron chi connectivity index (χ1n) is 8.50. The molecule has 0 spiro atoms. The van der Waals surface area contributed by atoms with Crippen LogP contribution >= 0.6 is 0 Å². The van der Waals surface area contributed by atoms with Gasteiger partial charge in [0, 0.05) is 12.6 Å². The summed E-state index contributed by atoms with van der Waals surface area (Å²) in [6, 6.07) is 14.4. The van der Waals surface area contributed by atoms with E-state index in [1.807, 2.05) is 37.3 Å².